The average molecular weight is 488 g/mol. The Balaban J connectivity index is 1.36. The lowest BCUT2D eigenvalue weighted by molar-refractivity contribution is -0.117. The molecule has 0 saturated heterocycles. The summed E-state index contributed by atoms with van der Waals surface area (Å²) >= 11 is 18.4. The van der Waals surface area contributed by atoms with Crippen LogP contribution in [-0.4, -0.2) is 21.8 Å². The number of benzene rings is 3. The van der Waals surface area contributed by atoms with E-state index in [1.165, 1.54) is 11.8 Å². The van der Waals surface area contributed by atoms with Gasteiger partial charge in [-0.15, -0.1) is 11.8 Å². The number of fused-ring (bicyclic) bond motifs is 1. The van der Waals surface area contributed by atoms with Crippen LogP contribution in [0.25, 0.3) is 22.6 Å². The molecule has 0 spiro atoms. The number of rotatable bonds is 5. The fraction of sp³-hybridized carbons (Fsp3) is 0.0455. The number of aromatic nitrogens is 1. The summed E-state index contributed by atoms with van der Waals surface area (Å²) in [5.74, 6) is 0.528. The van der Waals surface area contributed by atoms with E-state index in [9.17, 15) is 4.79 Å². The zero-order chi connectivity index (χ0) is 21.8. The molecule has 0 saturated carbocycles. The highest BCUT2D eigenvalue weighted by Gasteiger charge is 2.10. The first-order valence-electron chi connectivity index (χ1n) is 9.12. The lowest BCUT2D eigenvalue weighted by Gasteiger charge is -2.09. The Kier molecular flexibility index (Phi) is 6.77. The monoisotopic (exact) mass is 487 g/mol. The van der Waals surface area contributed by atoms with Crippen molar-refractivity contribution in [3.8, 4) is 11.5 Å². The minimum absolute atomic E-state index is 0.204. The van der Waals surface area contributed by atoms with E-state index < -0.39 is 0 Å². The number of anilines is 1. The molecule has 3 aromatic carbocycles. The summed E-state index contributed by atoms with van der Waals surface area (Å²) in [5.41, 5.74) is 2.84. The standard InChI is InChI=1S/C22H15Cl2N3O2S2/c23-14-3-1-13(2-4-14)21-26-18-11-16(7-10-19(18)29-21)25-22(30)27-20(28)12-31-17-8-5-15(24)6-9-17/h1-11H,12H2,(H2,25,27,28,30). The number of oxazole rings is 1. The van der Waals surface area contributed by atoms with Crippen molar-refractivity contribution in [1.29, 1.82) is 0 Å². The van der Waals surface area contributed by atoms with Gasteiger partial charge in [-0.25, -0.2) is 4.98 Å². The molecule has 5 nitrogen and oxygen atoms in total. The van der Waals surface area contributed by atoms with E-state index in [0.29, 0.717) is 32.7 Å². The van der Waals surface area contributed by atoms with Gasteiger partial charge < -0.3 is 15.1 Å². The number of hydrogen-bond donors (Lipinski definition) is 2. The fourth-order valence-electron chi connectivity index (χ4n) is 2.73. The maximum atomic E-state index is 12.2. The van der Waals surface area contributed by atoms with Gasteiger partial charge in [-0.2, -0.15) is 0 Å². The number of carbonyl (C=O) groups excluding carboxylic acids is 1. The van der Waals surface area contributed by atoms with E-state index in [4.69, 9.17) is 39.8 Å². The van der Waals surface area contributed by atoms with Crippen molar-refractivity contribution in [3.05, 3.63) is 76.8 Å². The van der Waals surface area contributed by atoms with Crippen molar-refractivity contribution in [1.82, 2.24) is 10.3 Å². The van der Waals surface area contributed by atoms with Gasteiger partial charge in [0.15, 0.2) is 10.7 Å². The first kappa shape index (κ1) is 21.6. The minimum Gasteiger partial charge on any atom is -0.436 e. The van der Waals surface area contributed by atoms with Gasteiger partial charge in [0.2, 0.25) is 11.8 Å². The third kappa shape index (κ3) is 5.77. The number of nitrogens with zero attached hydrogens (tertiary/aromatic N) is 1. The number of amides is 1. The Morgan fingerprint density at radius 3 is 2.39 bits per heavy atom. The highest BCUT2D eigenvalue weighted by molar-refractivity contribution is 8.00. The Labute approximate surface area is 198 Å². The highest BCUT2D eigenvalue weighted by Crippen LogP contribution is 2.27. The number of thiocarbonyl (C=S) groups is 1. The molecule has 4 rings (SSSR count). The number of hydrogen-bond acceptors (Lipinski definition) is 5. The van der Waals surface area contributed by atoms with Gasteiger partial charge >= 0.3 is 0 Å². The molecule has 0 bridgehead atoms. The molecule has 0 radical (unpaired) electrons. The Bertz CT molecular complexity index is 1240. The SMILES string of the molecule is O=C(CSc1ccc(Cl)cc1)NC(=S)Nc1ccc2oc(-c3ccc(Cl)cc3)nc2c1. The molecule has 0 unspecified atom stereocenters. The van der Waals surface area contributed by atoms with Crippen LogP contribution in [0, 0.1) is 0 Å². The van der Waals surface area contributed by atoms with E-state index in [0.717, 1.165) is 10.5 Å². The second-order valence-corrected chi connectivity index (χ2v) is 8.78. The largest absolute Gasteiger partial charge is 0.436 e. The maximum absolute atomic E-state index is 12.2. The molecule has 0 atom stereocenters. The van der Waals surface area contributed by atoms with Crippen molar-refractivity contribution in [2.24, 2.45) is 0 Å². The van der Waals surface area contributed by atoms with Crippen LogP contribution in [0.2, 0.25) is 10.0 Å². The van der Waals surface area contributed by atoms with Gasteiger partial charge in [0, 0.05) is 26.2 Å². The van der Waals surface area contributed by atoms with Crippen LogP contribution in [0.4, 0.5) is 5.69 Å². The molecule has 1 amide bonds. The van der Waals surface area contributed by atoms with E-state index in [-0.39, 0.29) is 16.8 Å². The maximum Gasteiger partial charge on any atom is 0.236 e. The van der Waals surface area contributed by atoms with E-state index in [1.54, 1.807) is 42.5 Å². The molecular weight excluding hydrogens is 473 g/mol. The number of nitrogens with one attached hydrogen (secondary N) is 2. The number of thioether (sulfide) groups is 1. The topological polar surface area (TPSA) is 67.2 Å². The zero-order valence-corrected chi connectivity index (χ0v) is 19.0. The van der Waals surface area contributed by atoms with Gasteiger partial charge in [-0.05, 0) is 78.9 Å². The van der Waals surface area contributed by atoms with E-state index in [2.05, 4.69) is 15.6 Å². The van der Waals surface area contributed by atoms with Crippen LogP contribution < -0.4 is 10.6 Å². The summed E-state index contributed by atoms with van der Waals surface area (Å²) in [6.45, 7) is 0. The Morgan fingerprint density at radius 2 is 1.68 bits per heavy atom. The fourth-order valence-corrected chi connectivity index (χ4v) is 3.91. The van der Waals surface area contributed by atoms with Gasteiger partial charge in [-0.3, -0.25) is 4.79 Å². The molecular formula is C22H15Cl2N3O2S2. The van der Waals surface area contributed by atoms with Crippen LogP contribution in [0.1, 0.15) is 0 Å². The molecule has 2 N–H and O–H groups in total. The third-order valence-electron chi connectivity index (χ3n) is 4.17. The highest BCUT2D eigenvalue weighted by atomic mass is 35.5. The lowest BCUT2D eigenvalue weighted by Crippen LogP contribution is -2.35. The summed E-state index contributed by atoms with van der Waals surface area (Å²) < 4.78 is 5.80. The minimum atomic E-state index is -0.204. The molecule has 0 aliphatic heterocycles. The van der Waals surface area contributed by atoms with Crippen molar-refractivity contribution in [3.63, 3.8) is 0 Å². The van der Waals surface area contributed by atoms with Gasteiger partial charge in [0.1, 0.15) is 5.52 Å². The quantitative estimate of drug-likeness (QED) is 0.250. The van der Waals surface area contributed by atoms with Crippen molar-refractivity contribution >= 4 is 75.0 Å². The van der Waals surface area contributed by atoms with E-state index >= 15 is 0 Å². The molecule has 31 heavy (non-hydrogen) atoms. The summed E-state index contributed by atoms with van der Waals surface area (Å²) in [6.07, 6.45) is 0. The zero-order valence-electron chi connectivity index (χ0n) is 15.9. The van der Waals surface area contributed by atoms with Gasteiger partial charge in [-0.1, -0.05) is 23.2 Å². The third-order valence-corrected chi connectivity index (χ3v) is 5.89. The average Bonchev–Trinajstić information content (AvgIpc) is 3.17. The Morgan fingerprint density at radius 1 is 1.00 bits per heavy atom. The van der Waals surface area contributed by atoms with Crippen LogP contribution in [0.15, 0.2) is 76.0 Å². The van der Waals surface area contributed by atoms with Crippen LogP contribution >= 0.6 is 47.2 Å². The van der Waals surface area contributed by atoms with Crippen molar-refractivity contribution in [2.45, 2.75) is 4.90 Å². The summed E-state index contributed by atoms with van der Waals surface area (Å²) in [5, 5.41) is 7.19. The number of carbonyl (C=O) groups is 1. The second-order valence-electron chi connectivity index (χ2n) is 6.45. The normalized spacial score (nSPS) is 10.8. The lowest BCUT2D eigenvalue weighted by atomic mass is 10.2. The predicted octanol–water partition coefficient (Wildman–Crippen LogP) is 6.41. The number of halogens is 2. The summed E-state index contributed by atoms with van der Waals surface area (Å²) in [4.78, 5) is 17.6. The first-order chi connectivity index (χ1) is 15.0. The summed E-state index contributed by atoms with van der Waals surface area (Å²) in [6, 6.07) is 20.0. The predicted molar refractivity (Wildman–Crippen MR) is 131 cm³/mol. The molecule has 0 aliphatic rings. The molecule has 0 aliphatic carbocycles. The van der Waals surface area contributed by atoms with Gasteiger partial charge in [0.05, 0.1) is 5.75 Å². The Hall–Kier alpha value is -2.58. The molecule has 9 heteroatoms. The second kappa shape index (κ2) is 9.70. The molecule has 1 aromatic heterocycles. The van der Waals surface area contributed by atoms with E-state index in [1.807, 2.05) is 24.3 Å². The molecule has 156 valence electrons. The smallest absolute Gasteiger partial charge is 0.236 e. The van der Waals surface area contributed by atoms with Crippen molar-refractivity contribution < 1.29 is 9.21 Å². The van der Waals surface area contributed by atoms with Gasteiger partial charge in [0.25, 0.3) is 0 Å². The molecule has 1 heterocycles. The molecule has 0 fully saturated rings. The van der Waals surface area contributed by atoms with Crippen LogP contribution in [-0.2, 0) is 4.79 Å². The van der Waals surface area contributed by atoms with Crippen LogP contribution in [0.5, 0.6) is 0 Å². The van der Waals surface area contributed by atoms with Crippen molar-refractivity contribution in [2.75, 3.05) is 11.1 Å². The van der Waals surface area contributed by atoms with Crippen LogP contribution in [0.3, 0.4) is 0 Å². The molecule has 4 aromatic rings. The summed E-state index contributed by atoms with van der Waals surface area (Å²) in [7, 11) is 0. The first-order valence-corrected chi connectivity index (χ1v) is 11.3.